The van der Waals surface area contributed by atoms with E-state index in [0.717, 1.165) is 11.8 Å². The van der Waals surface area contributed by atoms with Gasteiger partial charge in [0, 0.05) is 17.0 Å². The van der Waals surface area contributed by atoms with E-state index in [1.165, 1.54) is 6.07 Å². The summed E-state index contributed by atoms with van der Waals surface area (Å²) in [5.41, 5.74) is 0.430. The lowest BCUT2D eigenvalue weighted by molar-refractivity contribution is 0.0105. The van der Waals surface area contributed by atoms with Crippen molar-refractivity contribution >= 4 is 11.0 Å². The predicted molar refractivity (Wildman–Crippen MR) is 69.1 cm³/mol. The van der Waals surface area contributed by atoms with E-state index in [2.05, 4.69) is 9.97 Å². The first-order valence-electron chi connectivity index (χ1n) is 6.20. The molecule has 0 aromatic carbocycles. The van der Waals surface area contributed by atoms with E-state index >= 15 is 0 Å². The molecule has 0 aliphatic carbocycles. The fourth-order valence-electron chi connectivity index (χ4n) is 2.44. The van der Waals surface area contributed by atoms with Crippen LogP contribution in [0.1, 0.15) is 24.5 Å². The van der Waals surface area contributed by atoms with Crippen molar-refractivity contribution in [3.63, 3.8) is 0 Å². The van der Waals surface area contributed by atoms with Crippen LogP contribution in [-0.2, 0) is 4.74 Å². The molecule has 3 N–H and O–H groups in total. The van der Waals surface area contributed by atoms with Crippen LogP contribution in [0.3, 0.4) is 0 Å². The van der Waals surface area contributed by atoms with E-state index in [0.29, 0.717) is 17.6 Å². The molecule has 2 aromatic heterocycles. The number of pyridine rings is 2. The molecular weight excluding hydrogens is 248 g/mol. The van der Waals surface area contributed by atoms with Crippen molar-refractivity contribution in [2.75, 3.05) is 6.61 Å². The minimum absolute atomic E-state index is 0.0324. The summed E-state index contributed by atoms with van der Waals surface area (Å²) in [5.74, 6) is 0. The van der Waals surface area contributed by atoms with Crippen LogP contribution >= 0.6 is 0 Å². The van der Waals surface area contributed by atoms with Gasteiger partial charge in [0.25, 0.3) is 5.56 Å². The Labute approximate surface area is 108 Å². The number of aromatic amines is 2. The lowest BCUT2D eigenvalue weighted by Crippen LogP contribution is -2.19. The van der Waals surface area contributed by atoms with Crippen molar-refractivity contribution in [1.29, 1.82) is 0 Å². The topological polar surface area (TPSA) is 95.2 Å². The van der Waals surface area contributed by atoms with Crippen molar-refractivity contribution < 1.29 is 9.84 Å². The van der Waals surface area contributed by atoms with Crippen LogP contribution in [-0.4, -0.2) is 27.8 Å². The third-order valence-electron chi connectivity index (χ3n) is 3.42. The Balaban J connectivity index is 2.05. The minimum atomic E-state index is -0.294. The second kappa shape index (κ2) is 4.64. The number of aliphatic hydroxyl groups is 1. The minimum Gasteiger partial charge on any atom is -0.394 e. The Morgan fingerprint density at radius 2 is 2.11 bits per heavy atom. The molecule has 6 nitrogen and oxygen atoms in total. The largest absolute Gasteiger partial charge is 0.394 e. The molecule has 0 spiro atoms. The molecule has 3 heterocycles. The molecule has 100 valence electrons. The zero-order chi connectivity index (χ0) is 13.4. The standard InChI is InChI=1S/C13H14N2O4/c16-6-8-2-3-10(19-8)9-5-7-1-4-11(17)14-12(7)15-13(9)18/h1,4-5,8,10,16H,2-3,6H2,(H2,14,15,17,18). The summed E-state index contributed by atoms with van der Waals surface area (Å²) in [5, 5.41) is 9.81. The number of fused-ring (bicyclic) bond motifs is 1. The number of hydrogen-bond donors (Lipinski definition) is 3. The van der Waals surface area contributed by atoms with Gasteiger partial charge in [-0.3, -0.25) is 9.59 Å². The van der Waals surface area contributed by atoms with Crippen LogP contribution in [0.15, 0.2) is 27.8 Å². The number of hydrogen-bond acceptors (Lipinski definition) is 4. The smallest absolute Gasteiger partial charge is 0.255 e. The first-order chi connectivity index (χ1) is 9.17. The van der Waals surface area contributed by atoms with E-state index in [4.69, 9.17) is 9.84 Å². The van der Waals surface area contributed by atoms with Crippen LogP contribution in [0, 0.1) is 0 Å². The Bertz CT molecular complexity index is 718. The normalized spacial score (nSPS) is 23.0. The Hall–Kier alpha value is -1.92. The second-order valence-corrected chi connectivity index (χ2v) is 4.71. The van der Waals surface area contributed by atoms with Crippen molar-refractivity contribution in [3.05, 3.63) is 44.5 Å². The maximum absolute atomic E-state index is 12.0. The lowest BCUT2D eigenvalue weighted by Gasteiger charge is -2.12. The van der Waals surface area contributed by atoms with Gasteiger partial charge in [0.1, 0.15) is 5.65 Å². The van der Waals surface area contributed by atoms with Gasteiger partial charge in [0.15, 0.2) is 0 Å². The number of aromatic nitrogens is 2. The van der Waals surface area contributed by atoms with Crippen LogP contribution in [0.5, 0.6) is 0 Å². The molecule has 1 aliphatic heterocycles. The maximum atomic E-state index is 12.0. The van der Waals surface area contributed by atoms with Gasteiger partial charge in [0.2, 0.25) is 5.56 Å². The van der Waals surface area contributed by atoms with Gasteiger partial charge >= 0.3 is 0 Å². The van der Waals surface area contributed by atoms with Gasteiger partial charge in [-0.1, -0.05) is 0 Å². The summed E-state index contributed by atoms with van der Waals surface area (Å²) >= 11 is 0. The molecule has 0 bridgehead atoms. The van der Waals surface area contributed by atoms with Crippen LogP contribution in [0.4, 0.5) is 0 Å². The first kappa shape index (κ1) is 12.1. The molecule has 19 heavy (non-hydrogen) atoms. The van der Waals surface area contributed by atoms with Crippen LogP contribution < -0.4 is 11.1 Å². The maximum Gasteiger partial charge on any atom is 0.255 e. The third-order valence-corrected chi connectivity index (χ3v) is 3.42. The Kier molecular flexibility index (Phi) is 2.96. The summed E-state index contributed by atoms with van der Waals surface area (Å²) < 4.78 is 5.61. The Morgan fingerprint density at radius 1 is 1.26 bits per heavy atom. The molecule has 0 amide bonds. The van der Waals surface area contributed by atoms with Crippen molar-refractivity contribution in [3.8, 4) is 0 Å². The van der Waals surface area contributed by atoms with Crippen molar-refractivity contribution in [1.82, 2.24) is 9.97 Å². The molecule has 6 heteroatoms. The fraction of sp³-hybridized carbons (Fsp3) is 0.385. The van der Waals surface area contributed by atoms with Crippen molar-refractivity contribution in [2.45, 2.75) is 25.0 Å². The van der Waals surface area contributed by atoms with Gasteiger partial charge in [-0.2, -0.15) is 0 Å². The van der Waals surface area contributed by atoms with Crippen LogP contribution in [0.25, 0.3) is 11.0 Å². The van der Waals surface area contributed by atoms with E-state index in [-0.39, 0.29) is 29.9 Å². The van der Waals surface area contributed by atoms with E-state index in [1.807, 2.05) is 0 Å². The molecule has 2 atom stereocenters. The summed E-state index contributed by atoms with van der Waals surface area (Å²) in [6.07, 6.45) is 0.959. The highest BCUT2D eigenvalue weighted by atomic mass is 16.5. The molecule has 1 saturated heterocycles. The molecule has 3 rings (SSSR count). The number of aliphatic hydroxyl groups excluding tert-OH is 1. The third kappa shape index (κ3) is 2.20. The molecule has 1 fully saturated rings. The number of nitrogens with one attached hydrogen (secondary N) is 2. The average molecular weight is 262 g/mol. The first-order valence-corrected chi connectivity index (χ1v) is 6.20. The zero-order valence-corrected chi connectivity index (χ0v) is 10.2. The van der Waals surface area contributed by atoms with Gasteiger partial charge in [-0.15, -0.1) is 0 Å². The molecular formula is C13H14N2O4. The molecule has 0 radical (unpaired) electrons. The zero-order valence-electron chi connectivity index (χ0n) is 10.2. The van der Waals surface area contributed by atoms with Crippen molar-refractivity contribution in [2.24, 2.45) is 0 Å². The molecule has 2 unspecified atom stereocenters. The number of rotatable bonds is 2. The molecule has 0 saturated carbocycles. The predicted octanol–water partition coefficient (Wildman–Crippen LogP) is 0.429. The highest BCUT2D eigenvalue weighted by Gasteiger charge is 2.27. The summed E-state index contributed by atoms with van der Waals surface area (Å²) in [6, 6.07) is 4.80. The van der Waals surface area contributed by atoms with E-state index in [1.54, 1.807) is 12.1 Å². The molecule has 2 aromatic rings. The van der Waals surface area contributed by atoms with Gasteiger partial charge < -0.3 is 19.8 Å². The van der Waals surface area contributed by atoms with Gasteiger partial charge in [0.05, 0.1) is 18.8 Å². The monoisotopic (exact) mass is 262 g/mol. The van der Waals surface area contributed by atoms with Gasteiger partial charge in [-0.05, 0) is 25.0 Å². The quantitative estimate of drug-likeness (QED) is 0.731. The van der Waals surface area contributed by atoms with Crippen LogP contribution in [0.2, 0.25) is 0 Å². The summed E-state index contributed by atoms with van der Waals surface area (Å²) in [7, 11) is 0. The average Bonchev–Trinajstić information content (AvgIpc) is 2.86. The second-order valence-electron chi connectivity index (χ2n) is 4.71. The number of H-pyrrole nitrogens is 2. The molecule has 1 aliphatic rings. The highest BCUT2D eigenvalue weighted by molar-refractivity contribution is 5.74. The SMILES string of the molecule is O=c1ccc2cc(C3CCC(CO)O3)c(=O)[nH]c2[nH]1. The summed E-state index contributed by atoms with van der Waals surface area (Å²) in [4.78, 5) is 28.4. The Morgan fingerprint density at radius 3 is 2.84 bits per heavy atom. The van der Waals surface area contributed by atoms with E-state index in [9.17, 15) is 9.59 Å². The lowest BCUT2D eigenvalue weighted by atomic mass is 10.1. The van der Waals surface area contributed by atoms with Gasteiger partial charge in [-0.25, -0.2) is 0 Å². The fourth-order valence-corrected chi connectivity index (χ4v) is 2.44. The summed E-state index contributed by atoms with van der Waals surface area (Å²) in [6.45, 7) is -0.0324. The van der Waals surface area contributed by atoms with E-state index < -0.39 is 0 Å². The number of ether oxygens (including phenoxy) is 1. The highest BCUT2D eigenvalue weighted by Crippen LogP contribution is 2.31.